The molecule has 4 aliphatic carbocycles. The van der Waals surface area contributed by atoms with Crippen LogP contribution in [0.15, 0.2) is 28.7 Å². The summed E-state index contributed by atoms with van der Waals surface area (Å²) < 4.78 is 1.17. The molecule has 0 heterocycles. The Hall–Kier alpha value is -0.340. The molecule has 4 aliphatic rings. The fourth-order valence-corrected chi connectivity index (χ4v) is 5.60. The topological polar surface area (TPSA) is 12.0 Å². The van der Waals surface area contributed by atoms with Gasteiger partial charge < -0.3 is 5.32 Å². The molecule has 0 spiro atoms. The van der Waals surface area contributed by atoms with E-state index in [9.17, 15) is 0 Å². The Bertz CT molecular complexity index is 453. The molecule has 1 N–H and O–H groups in total. The summed E-state index contributed by atoms with van der Waals surface area (Å²) >= 11 is 3.52. The molecule has 1 atom stereocenters. The maximum Gasteiger partial charge on any atom is 0.0294 e. The van der Waals surface area contributed by atoms with Crippen LogP contribution in [0.3, 0.4) is 0 Å². The van der Waals surface area contributed by atoms with Gasteiger partial charge in [0, 0.05) is 16.6 Å². The molecule has 4 fully saturated rings. The van der Waals surface area contributed by atoms with Crippen molar-refractivity contribution in [2.75, 3.05) is 0 Å². The molecule has 4 bridgehead atoms. The van der Waals surface area contributed by atoms with Gasteiger partial charge in [-0.3, -0.25) is 0 Å². The smallest absolute Gasteiger partial charge is 0.0294 e. The summed E-state index contributed by atoms with van der Waals surface area (Å²) in [7, 11) is 0. The van der Waals surface area contributed by atoms with Crippen molar-refractivity contribution in [2.45, 2.75) is 51.1 Å². The van der Waals surface area contributed by atoms with E-state index in [-0.39, 0.29) is 0 Å². The Labute approximate surface area is 130 Å². The second-order valence-corrected chi connectivity index (χ2v) is 8.31. The first-order valence-corrected chi connectivity index (χ1v) is 9.00. The van der Waals surface area contributed by atoms with Crippen molar-refractivity contribution in [3.63, 3.8) is 0 Å². The second-order valence-electron chi connectivity index (χ2n) is 7.40. The Morgan fingerprint density at radius 2 is 1.50 bits per heavy atom. The molecule has 2 heteroatoms. The lowest BCUT2D eigenvalue weighted by atomic mass is 9.54. The van der Waals surface area contributed by atoms with Crippen molar-refractivity contribution in [3.05, 3.63) is 34.3 Å². The van der Waals surface area contributed by atoms with E-state index < -0.39 is 0 Å². The quantitative estimate of drug-likeness (QED) is 0.827. The normalized spacial score (nSPS) is 40.0. The molecule has 20 heavy (non-hydrogen) atoms. The predicted molar refractivity (Wildman–Crippen MR) is 86.5 cm³/mol. The van der Waals surface area contributed by atoms with E-state index in [4.69, 9.17) is 0 Å². The van der Waals surface area contributed by atoms with Gasteiger partial charge >= 0.3 is 0 Å². The molecule has 0 saturated heterocycles. The molecule has 0 aromatic heterocycles. The van der Waals surface area contributed by atoms with Crippen LogP contribution in [0.2, 0.25) is 0 Å². The average molecular weight is 334 g/mol. The van der Waals surface area contributed by atoms with Crippen LogP contribution in [0.4, 0.5) is 0 Å². The zero-order valence-corrected chi connectivity index (χ0v) is 13.8. The lowest BCUT2D eigenvalue weighted by Crippen LogP contribution is -2.54. The molecule has 0 amide bonds. The minimum atomic E-state index is 0.477. The van der Waals surface area contributed by atoms with E-state index in [0.717, 1.165) is 29.7 Å². The Morgan fingerprint density at radius 3 is 2.05 bits per heavy atom. The number of nitrogens with one attached hydrogen (secondary N) is 1. The summed E-state index contributed by atoms with van der Waals surface area (Å²) in [5.74, 6) is 4.06. The zero-order chi connectivity index (χ0) is 13.7. The molecule has 5 rings (SSSR count). The number of benzene rings is 1. The van der Waals surface area contributed by atoms with E-state index in [1.165, 1.54) is 35.7 Å². The van der Waals surface area contributed by atoms with Crippen LogP contribution in [-0.2, 0) is 0 Å². The summed E-state index contributed by atoms with van der Waals surface area (Å²) in [5.41, 5.74) is 1.42. The fraction of sp³-hybridized carbons (Fsp3) is 0.667. The SMILES string of the molecule is CC(NC1C2CC3CC(C2)CC1C3)c1ccc(Br)cc1. The summed E-state index contributed by atoms with van der Waals surface area (Å²) in [5, 5.41) is 3.98. The lowest BCUT2D eigenvalue weighted by Gasteiger charge is -2.55. The fourth-order valence-electron chi connectivity index (χ4n) is 5.33. The third-order valence-corrected chi connectivity index (χ3v) is 6.57. The molecule has 108 valence electrons. The average Bonchev–Trinajstić information content (AvgIpc) is 2.42. The molecular weight excluding hydrogens is 310 g/mol. The van der Waals surface area contributed by atoms with Gasteiger partial charge in [-0.05, 0) is 80.4 Å². The van der Waals surface area contributed by atoms with Gasteiger partial charge in [0.05, 0.1) is 0 Å². The van der Waals surface area contributed by atoms with Crippen LogP contribution >= 0.6 is 15.9 Å². The van der Waals surface area contributed by atoms with E-state index in [2.05, 4.69) is 52.4 Å². The van der Waals surface area contributed by atoms with Crippen molar-refractivity contribution < 1.29 is 0 Å². The first kappa shape index (κ1) is 13.3. The Balaban J connectivity index is 1.47. The predicted octanol–water partition coefficient (Wildman–Crippen LogP) is 4.92. The third-order valence-electron chi connectivity index (χ3n) is 6.04. The van der Waals surface area contributed by atoms with Gasteiger partial charge in [0.2, 0.25) is 0 Å². The van der Waals surface area contributed by atoms with E-state index in [1.54, 1.807) is 6.42 Å². The minimum absolute atomic E-state index is 0.477. The summed E-state index contributed by atoms with van der Waals surface area (Å²) in [6.45, 7) is 2.33. The first-order chi connectivity index (χ1) is 9.69. The van der Waals surface area contributed by atoms with E-state index in [0.29, 0.717) is 6.04 Å². The first-order valence-electron chi connectivity index (χ1n) is 8.20. The molecule has 4 saturated carbocycles. The molecular formula is C18H24BrN. The summed E-state index contributed by atoms with van der Waals surface area (Å²) in [6, 6.07) is 10.1. The van der Waals surface area contributed by atoms with Crippen LogP contribution in [-0.4, -0.2) is 6.04 Å². The van der Waals surface area contributed by atoms with Gasteiger partial charge in [-0.2, -0.15) is 0 Å². The highest BCUT2D eigenvalue weighted by Gasteiger charge is 2.48. The maximum absolute atomic E-state index is 3.98. The Morgan fingerprint density at radius 1 is 0.950 bits per heavy atom. The van der Waals surface area contributed by atoms with Gasteiger partial charge in [-0.25, -0.2) is 0 Å². The standard InChI is InChI=1S/C18H24BrN/c1-11(14-2-4-17(19)5-3-14)20-18-15-7-12-6-13(9-15)10-16(18)8-12/h2-5,11-13,15-16,18,20H,6-10H2,1H3. The van der Waals surface area contributed by atoms with Crippen molar-refractivity contribution in [1.82, 2.24) is 5.32 Å². The molecule has 1 aromatic rings. The van der Waals surface area contributed by atoms with Crippen molar-refractivity contribution in [1.29, 1.82) is 0 Å². The highest BCUT2D eigenvalue weighted by atomic mass is 79.9. The monoisotopic (exact) mass is 333 g/mol. The van der Waals surface area contributed by atoms with Crippen LogP contribution in [0.25, 0.3) is 0 Å². The van der Waals surface area contributed by atoms with E-state index >= 15 is 0 Å². The van der Waals surface area contributed by atoms with Crippen molar-refractivity contribution in [3.8, 4) is 0 Å². The van der Waals surface area contributed by atoms with Gasteiger partial charge in [-0.1, -0.05) is 28.1 Å². The minimum Gasteiger partial charge on any atom is -0.307 e. The van der Waals surface area contributed by atoms with Crippen molar-refractivity contribution in [2.24, 2.45) is 23.7 Å². The molecule has 0 radical (unpaired) electrons. The molecule has 0 aliphatic heterocycles. The lowest BCUT2D eigenvalue weighted by molar-refractivity contribution is -0.0171. The summed E-state index contributed by atoms with van der Waals surface area (Å²) in [6.07, 6.45) is 7.53. The highest BCUT2D eigenvalue weighted by molar-refractivity contribution is 9.10. The second kappa shape index (κ2) is 5.14. The number of rotatable bonds is 3. The van der Waals surface area contributed by atoms with Crippen LogP contribution in [0.5, 0.6) is 0 Å². The van der Waals surface area contributed by atoms with Crippen molar-refractivity contribution >= 4 is 15.9 Å². The summed E-state index contributed by atoms with van der Waals surface area (Å²) in [4.78, 5) is 0. The third kappa shape index (κ3) is 2.35. The molecule has 1 aromatic carbocycles. The Kier molecular flexibility index (Phi) is 3.42. The van der Waals surface area contributed by atoms with E-state index in [1.807, 2.05) is 0 Å². The van der Waals surface area contributed by atoms with Gasteiger partial charge in [-0.15, -0.1) is 0 Å². The molecule has 1 nitrogen and oxygen atoms in total. The van der Waals surface area contributed by atoms with Crippen LogP contribution in [0, 0.1) is 23.7 Å². The zero-order valence-electron chi connectivity index (χ0n) is 12.2. The molecule has 1 unspecified atom stereocenters. The maximum atomic E-state index is 3.98. The van der Waals surface area contributed by atoms with Gasteiger partial charge in [0.25, 0.3) is 0 Å². The number of halogens is 1. The van der Waals surface area contributed by atoms with Crippen LogP contribution < -0.4 is 5.32 Å². The largest absolute Gasteiger partial charge is 0.307 e. The van der Waals surface area contributed by atoms with Gasteiger partial charge in [0.1, 0.15) is 0 Å². The van der Waals surface area contributed by atoms with Gasteiger partial charge in [0.15, 0.2) is 0 Å². The highest BCUT2D eigenvalue weighted by Crippen LogP contribution is 2.54. The van der Waals surface area contributed by atoms with Crippen LogP contribution in [0.1, 0.15) is 50.6 Å². The number of hydrogen-bond acceptors (Lipinski definition) is 1. The number of hydrogen-bond donors (Lipinski definition) is 1.